The van der Waals surface area contributed by atoms with Gasteiger partial charge in [-0.15, -0.1) is 0 Å². The fourth-order valence-corrected chi connectivity index (χ4v) is 4.21. The van der Waals surface area contributed by atoms with Gasteiger partial charge in [0.2, 0.25) is 0 Å². The molecule has 3 aromatic rings. The molecule has 0 radical (unpaired) electrons. The Morgan fingerprint density at radius 2 is 1.83 bits per heavy atom. The van der Waals surface area contributed by atoms with Gasteiger partial charge in [0.15, 0.2) is 10.9 Å². The predicted molar refractivity (Wildman–Crippen MR) is 100 cm³/mol. The highest BCUT2D eigenvalue weighted by molar-refractivity contribution is 7.99. The van der Waals surface area contributed by atoms with Crippen LogP contribution in [-0.4, -0.2) is 25.7 Å². The second-order valence-electron chi connectivity index (χ2n) is 5.87. The van der Waals surface area contributed by atoms with E-state index in [4.69, 9.17) is 0 Å². The summed E-state index contributed by atoms with van der Waals surface area (Å²) in [6.45, 7) is 10.0. The number of aryl methyl sites for hydroxylation is 2. The largest absolute Gasteiger partial charge is 0.349 e. The zero-order valence-electron chi connectivity index (χ0n) is 14.7. The van der Waals surface area contributed by atoms with E-state index in [2.05, 4.69) is 41.0 Å². The van der Waals surface area contributed by atoms with Crippen LogP contribution in [0.25, 0.3) is 11.0 Å². The summed E-state index contributed by atoms with van der Waals surface area (Å²) in [6, 6.07) is 10.1. The molecule has 1 aromatic carbocycles. The van der Waals surface area contributed by atoms with E-state index < -0.39 is 0 Å². The summed E-state index contributed by atoms with van der Waals surface area (Å²) >= 11 is 1.52. The Balaban J connectivity index is 1.82. The fourth-order valence-electron chi connectivity index (χ4n) is 3.25. The molecule has 0 spiro atoms. The van der Waals surface area contributed by atoms with Gasteiger partial charge in [-0.25, -0.2) is 4.98 Å². The number of hydrogen-bond acceptors (Lipinski definition) is 3. The van der Waals surface area contributed by atoms with Gasteiger partial charge in [-0.2, -0.15) is 0 Å². The second kappa shape index (κ2) is 6.85. The molecule has 2 heterocycles. The summed E-state index contributed by atoms with van der Waals surface area (Å²) < 4.78 is 4.35. The molecule has 0 aliphatic heterocycles. The Bertz CT molecular complexity index is 892. The SMILES string of the molecule is CCn1c(C)cc(C(=O)CSc2nc3ccccc3n2CC)c1C. The van der Waals surface area contributed by atoms with Gasteiger partial charge in [-0.3, -0.25) is 4.79 Å². The molecule has 0 saturated carbocycles. The van der Waals surface area contributed by atoms with Crippen LogP contribution in [0.1, 0.15) is 35.6 Å². The average Bonchev–Trinajstić information content (AvgIpc) is 3.09. The highest BCUT2D eigenvalue weighted by Gasteiger charge is 2.17. The quantitative estimate of drug-likeness (QED) is 0.490. The van der Waals surface area contributed by atoms with Crippen LogP contribution in [0.15, 0.2) is 35.5 Å². The fraction of sp³-hybridized carbons (Fsp3) is 0.368. The molecule has 0 aliphatic carbocycles. The number of imidazole rings is 1. The lowest BCUT2D eigenvalue weighted by atomic mass is 10.2. The second-order valence-corrected chi connectivity index (χ2v) is 6.81. The molecular weight excluding hydrogens is 318 g/mol. The van der Waals surface area contributed by atoms with Crippen LogP contribution < -0.4 is 0 Å². The minimum absolute atomic E-state index is 0.169. The van der Waals surface area contributed by atoms with Crippen LogP contribution >= 0.6 is 11.8 Å². The molecule has 0 aliphatic rings. The lowest BCUT2D eigenvalue weighted by molar-refractivity contribution is 0.102. The van der Waals surface area contributed by atoms with Gasteiger partial charge in [-0.05, 0) is 45.9 Å². The maximum absolute atomic E-state index is 12.7. The average molecular weight is 341 g/mol. The van der Waals surface area contributed by atoms with Gasteiger partial charge < -0.3 is 9.13 Å². The van der Waals surface area contributed by atoms with Crippen LogP contribution in [0.5, 0.6) is 0 Å². The van der Waals surface area contributed by atoms with Crippen molar-refractivity contribution in [2.75, 3.05) is 5.75 Å². The zero-order chi connectivity index (χ0) is 17.3. The first-order chi connectivity index (χ1) is 11.6. The Morgan fingerprint density at radius 3 is 2.50 bits per heavy atom. The van der Waals surface area contributed by atoms with Crippen molar-refractivity contribution >= 4 is 28.6 Å². The van der Waals surface area contributed by atoms with Crippen molar-refractivity contribution in [2.24, 2.45) is 0 Å². The third kappa shape index (κ3) is 2.88. The normalized spacial score (nSPS) is 11.3. The molecule has 0 unspecified atom stereocenters. The number of fused-ring (bicyclic) bond motifs is 1. The van der Waals surface area contributed by atoms with Gasteiger partial charge in [-0.1, -0.05) is 23.9 Å². The van der Waals surface area contributed by atoms with Crippen LogP contribution in [-0.2, 0) is 13.1 Å². The Hall–Kier alpha value is -2.01. The smallest absolute Gasteiger partial charge is 0.175 e. The minimum Gasteiger partial charge on any atom is -0.349 e. The predicted octanol–water partition coefficient (Wildman–Crippen LogP) is 4.47. The number of benzene rings is 1. The van der Waals surface area contributed by atoms with E-state index in [-0.39, 0.29) is 5.78 Å². The van der Waals surface area contributed by atoms with Crippen LogP contribution in [0.3, 0.4) is 0 Å². The van der Waals surface area contributed by atoms with Gasteiger partial charge >= 0.3 is 0 Å². The maximum Gasteiger partial charge on any atom is 0.175 e. The molecule has 2 aromatic heterocycles. The summed E-state index contributed by atoms with van der Waals surface area (Å²) in [5.41, 5.74) is 5.15. The molecule has 4 nitrogen and oxygen atoms in total. The summed E-state index contributed by atoms with van der Waals surface area (Å²) in [5, 5.41) is 0.913. The number of thioether (sulfide) groups is 1. The highest BCUT2D eigenvalue weighted by atomic mass is 32.2. The minimum atomic E-state index is 0.169. The van der Waals surface area contributed by atoms with E-state index in [0.29, 0.717) is 5.75 Å². The summed E-state index contributed by atoms with van der Waals surface area (Å²) in [7, 11) is 0. The molecule has 5 heteroatoms. The highest BCUT2D eigenvalue weighted by Crippen LogP contribution is 2.25. The van der Waals surface area contributed by atoms with E-state index in [0.717, 1.165) is 46.2 Å². The standard InChI is InChI=1S/C19H23N3OS/c1-5-21-13(3)11-15(14(21)4)18(23)12-24-19-20-16-9-7-8-10-17(16)22(19)6-2/h7-11H,5-6,12H2,1-4H3. The first-order valence-electron chi connectivity index (χ1n) is 8.34. The number of hydrogen-bond donors (Lipinski definition) is 0. The van der Waals surface area contributed by atoms with Crippen molar-refractivity contribution in [3.05, 3.63) is 47.3 Å². The molecule has 126 valence electrons. The molecular formula is C19H23N3OS. The van der Waals surface area contributed by atoms with E-state index >= 15 is 0 Å². The van der Waals surface area contributed by atoms with Gasteiger partial charge in [0.1, 0.15) is 0 Å². The molecule has 24 heavy (non-hydrogen) atoms. The van der Waals surface area contributed by atoms with Crippen molar-refractivity contribution < 1.29 is 4.79 Å². The third-order valence-electron chi connectivity index (χ3n) is 4.46. The lowest BCUT2D eigenvalue weighted by Gasteiger charge is -2.06. The number of carbonyl (C=O) groups is 1. The van der Waals surface area contributed by atoms with Gasteiger partial charge in [0.05, 0.1) is 16.8 Å². The summed E-state index contributed by atoms with van der Waals surface area (Å²) in [5.74, 6) is 0.583. The number of ketones is 1. The van der Waals surface area contributed by atoms with Crippen LogP contribution in [0, 0.1) is 13.8 Å². The Labute approximate surface area is 146 Å². The molecule has 0 bridgehead atoms. The number of rotatable bonds is 6. The van der Waals surface area contributed by atoms with E-state index in [9.17, 15) is 4.79 Å². The van der Waals surface area contributed by atoms with Gasteiger partial charge in [0, 0.05) is 30.0 Å². The van der Waals surface area contributed by atoms with E-state index in [1.54, 1.807) is 0 Å². The molecule has 3 rings (SSSR count). The molecule has 0 N–H and O–H groups in total. The number of aromatic nitrogens is 3. The van der Waals surface area contributed by atoms with E-state index in [1.807, 2.05) is 31.2 Å². The third-order valence-corrected chi connectivity index (χ3v) is 5.43. The van der Waals surface area contributed by atoms with Crippen LogP contribution in [0.4, 0.5) is 0 Å². The summed E-state index contributed by atoms with van der Waals surface area (Å²) in [6.07, 6.45) is 0. The molecule has 0 fully saturated rings. The lowest BCUT2D eigenvalue weighted by Crippen LogP contribution is -2.07. The molecule has 0 amide bonds. The summed E-state index contributed by atoms with van der Waals surface area (Å²) in [4.78, 5) is 17.3. The number of carbonyl (C=O) groups excluding carboxylic acids is 1. The van der Waals surface area contributed by atoms with Gasteiger partial charge in [0.25, 0.3) is 0 Å². The zero-order valence-corrected chi connectivity index (χ0v) is 15.5. The Kier molecular flexibility index (Phi) is 4.81. The first-order valence-corrected chi connectivity index (χ1v) is 9.33. The number of para-hydroxylation sites is 2. The van der Waals surface area contributed by atoms with Crippen molar-refractivity contribution in [1.29, 1.82) is 0 Å². The van der Waals surface area contributed by atoms with Crippen molar-refractivity contribution in [2.45, 2.75) is 45.9 Å². The van der Waals surface area contributed by atoms with Crippen molar-refractivity contribution in [3.63, 3.8) is 0 Å². The first kappa shape index (κ1) is 16.8. The molecule has 0 atom stereocenters. The monoisotopic (exact) mass is 341 g/mol. The number of Topliss-reactive ketones (excluding diaryl/α,β-unsaturated/α-hetero) is 1. The van der Waals surface area contributed by atoms with Crippen molar-refractivity contribution in [1.82, 2.24) is 14.1 Å². The van der Waals surface area contributed by atoms with Crippen LogP contribution in [0.2, 0.25) is 0 Å². The number of nitrogens with zero attached hydrogens (tertiary/aromatic N) is 3. The van der Waals surface area contributed by atoms with E-state index in [1.165, 1.54) is 11.8 Å². The Morgan fingerprint density at radius 1 is 1.12 bits per heavy atom. The molecule has 0 saturated heterocycles. The topological polar surface area (TPSA) is 39.8 Å². The van der Waals surface area contributed by atoms with Crippen molar-refractivity contribution in [3.8, 4) is 0 Å². The maximum atomic E-state index is 12.7.